The first kappa shape index (κ1) is 25.0. The molecule has 1 aromatic heterocycles. The van der Waals surface area contributed by atoms with Crippen LogP contribution in [0.25, 0.3) is 11.1 Å². The second-order valence-electron chi connectivity index (χ2n) is 9.57. The van der Waals surface area contributed by atoms with Crippen LogP contribution in [0.15, 0.2) is 73.1 Å². The number of aromatic nitrogens is 1. The summed E-state index contributed by atoms with van der Waals surface area (Å²) in [6.45, 7) is 6.40. The van der Waals surface area contributed by atoms with Gasteiger partial charge >= 0.3 is 0 Å². The van der Waals surface area contributed by atoms with E-state index in [1.165, 1.54) is 5.56 Å². The predicted molar refractivity (Wildman–Crippen MR) is 138 cm³/mol. The number of hydrogen-bond donors (Lipinski definition) is 1. The van der Waals surface area contributed by atoms with Gasteiger partial charge in [0.15, 0.2) is 0 Å². The van der Waals surface area contributed by atoms with Gasteiger partial charge in [-0.3, -0.25) is 14.7 Å². The number of ether oxygens (including phenoxy) is 1. The minimum absolute atomic E-state index is 0.0604. The van der Waals surface area contributed by atoms with E-state index in [2.05, 4.69) is 36.0 Å². The Morgan fingerprint density at radius 3 is 2.43 bits per heavy atom. The molecule has 35 heavy (non-hydrogen) atoms. The molecule has 1 aliphatic rings. The Labute approximate surface area is 208 Å². The van der Waals surface area contributed by atoms with Crippen molar-refractivity contribution in [3.05, 3.63) is 89.7 Å². The Kier molecular flexibility index (Phi) is 8.29. The monoisotopic (exact) mass is 473 g/mol. The van der Waals surface area contributed by atoms with Crippen LogP contribution in [0, 0.1) is 5.92 Å². The molecule has 0 saturated carbocycles. The van der Waals surface area contributed by atoms with E-state index in [0.717, 1.165) is 23.2 Å². The largest absolute Gasteiger partial charge is 0.394 e. The Bertz CT molecular complexity index is 1120. The van der Waals surface area contributed by atoms with Gasteiger partial charge in [-0.25, -0.2) is 0 Å². The maximum atomic E-state index is 13.9. The topological polar surface area (TPSA) is 65.9 Å². The second kappa shape index (κ2) is 11.6. The summed E-state index contributed by atoms with van der Waals surface area (Å²) in [5.41, 5.74) is 4.81. The molecule has 1 N–H and O–H groups in total. The van der Waals surface area contributed by atoms with Gasteiger partial charge in [0, 0.05) is 43.5 Å². The maximum absolute atomic E-state index is 13.9. The smallest absolute Gasteiger partial charge is 0.254 e. The van der Waals surface area contributed by atoms with Gasteiger partial charge in [-0.15, -0.1) is 0 Å². The molecule has 184 valence electrons. The fraction of sp³-hybridized carbons (Fsp3) is 0.379. The van der Waals surface area contributed by atoms with Crippen LogP contribution in [-0.2, 0) is 17.9 Å². The van der Waals surface area contributed by atoms with Crippen LogP contribution in [0.3, 0.4) is 0 Å². The van der Waals surface area contributed by atoms with Crippen molar-refractivity contribution in [1.29, 1.82) is 0 Å². The van der Waals surface area contributed by atoms with Gasteiger partial charge < -0.3 is 14.7 Å². The molecular weight excluding hydrogens is 438 g/mol. The van der Waals surface area contributed by atoms with Crippen LogP contribution in [0.1, 0.15) is 35.3 Å². The minimum atomic E-state index is -0.302. The minimum Gasteiger partial charge on any atom is -0.394 e. The number of carbonyl (C=O) groups is 1. The third kappa shape index (κ3) is 5.96. The summed E-state index contributed by atoms with van der Waals surface area (Å²) in [7, 11) is 2.09. The van der Waals surface area contributed by atoms with Crippen LogP contribution in [0.5, 0.6) is 0 Å². The third-order valence-corrected chi connectivity index (χ3v) is 6.79. The SMILES string of the molecule is C[C@@H]1CN([C@@H](C)CO)C(=O)c2ccccc2-c2ccccc2CO[C@@H]1CN(C)Cc1ccncc1. The van der Waals surface area contributed by atoms with E-state index in [1.54, 1.807) is 4.90 Å². The Hall–Kier alpha value is -3.06. The zero-order valence-corrected chi connectivity index (χ0v) is 20.8. The van der Waals surface area contributed by atoms with Crippen LogP contribution in [0.2, 0.25) is 0 Å². The van der Waals surface area contributed by atoms with Crippen molar-refractivity contribution in [1.82, 2.24) is 14.8 Å². The summed E-state index contributed by atoms with van der Waals surface area (Å²) in [6.07, 6.45) is 3.52. The molecule has 3 aromatic rings. The molecule has 0 bridgehead atoms. The molecule has 0 spiro atoms. The third-order valence-electron chi connectivity index (χ3n) is 6.79. The maximum Gasteiger partial charge on any atom is 0.254 e. The molecule has 3 atom stereocenters. The Morgan fingerprint density at radius 2 is 1.71 bits per heavy atom. The van der Waals surface area contributed by atoms with Crippen molar-refractivity contribution in [3.8, 4) is 11.1 Å². The van der Waals surface area contributed by atoms with E-state index in [1.807, 2.05) is 67.8 Å². The van der Waals surface area contributed by atoms with Gasteiger partial charge in [0.25, 0.3) is 5.91 Å². The van der Waals surface area contributed by atoms with Crippen molar-refractivity contribution >= 4 is 5.91 Å². The van der Waals surface area contributed by atoms with Crippen molar-refractivity contribution < 1.29 is 14.6 Å². The highest BCUT2D eigenvalue weighted by Gasteiger charge is 2.30. The highest BCUT2D eigenvalue weighted by Crippen LogP contribution is 2.31. The lowest BCUT2D eigenvalue weighted by molar-refractivity contribution is -0.0241. The number of fused-ring (bicyclic) bond motifs is 3. The number of likely N-dealkylation sites (N-methyl/N-ethyl adjacent to an activating group) is 1. The number of pyridine rings is 1. The first-order valence-electron chi connectivity index (χ1n) is 12.3. The quantitative estimate of drug-likeness (QED) is 0.580. The molecule has 0 saturated heterocycles. The Balaban J connectivity index is 1.68. The van der Waals surface area contributed by atoms with E-state index in [4.69, 9.17) is 4.74 Å². The van der Waals surface area contributed by atoms with Crippen molar-refractivity contribution in [3.63, 3.8) is 0 Å². The number of amides is 1. The molecule has 1 amide bonds. The molecule has 0 aliphatic carbocycles. The Morgan fingerprint density at radius 1 is 1.06 bits per heavy atom. The van der Waals surface area contributed by atoms with Gasteiger partial charge in [-0.1, -0.05) is 49.4 Å². The summed E-state index contributed by atoms with van der Waals surface area (Å²) >= 11 is 0. The summed E-state index contributed by atoms with van der Waals surface area (Å²) in [6, 6.07) is 19.6. The lowest BCUT2D eigenvalue weighted by Gasteiger charge is -2.35. The summed E-state index contributed by atoms with van der Waals surface area (Å²) in [5.74, 6) is -0.000132. The van der Waals surface area contributed by atoms with E-state index >= 15 is 0 Å². The van der Waals surface area contributed by atoms with Gasteiger partial charge in [0.05, 0.1) is 25.4 Å². The number of nitrogens with zero attached hydrogens (tertiary/aromatic N) is 3. The zero-order valence-electron chi connectivity index (χ0n) is 20.8. The average molecular weight is 474 g/mol. The molecule has 0 radical (unpaired) electrons. The first-order chi connectivity index (χ1) is 17.0. The molecule has 0 fully saturated rings. The van der Waals surface area contributed by atoms with Crippen LogP contribution in [-0.4, -0.2) is 64.7 Å². The average Bonchev–Trinajstić information content (AvgIpc) is 2.90. The highest BCUT2D eigenvalue weighted by molar-refractivity contribution is 6.01. The van der Waals surface area contributed by atoms with Gasteiger partial charge in [-0.05, 0) is 54.4 Å². The summed E-state index contributed by atoms with van der Waals surface area (Å²) in [4.78, 5) is 22.0. The summed E-state index contributed by atoms with van der Waals surface area (Å²) in [5, 5.41) is 9.98. The van der Waals surface area contributed by atoms with Crippen molar-refractivity contribution in [2.75, 3.05) is 26.7 Å². The normalized spacial score (nSPS) is 19.6. The molecular formula is C29H35N3O3. The molecule has 4 rings (SSSR count). The molecule has 2 heterocycles. The number of aliphatic hydroxyl groups excluding tert-OH is 1. The molecule has 1 aliphatic heterocycles. The lowest BCUT2D eigenvalue weighted by atomic mass is 9.94. The summed E-state index contributed by atoms with van der Waals surface area (Å²) < 4.78 is 6.58. The van der Waals surface area contributed by atoms with Gasteiger partial charge in [-0.2, -0.15) is 0 Å². The lowest BCUT2D eigenvalue weighted by Crippen LogP contribution is -2.47. The fourth-order valence-corrected chi connectivity index (χ4v) is 4.72. The number of carbonyl (C=O) groups excluding carboxylic acids is 1. The van der Waals surface area contributed by atoms with Crippen molar-refractivity contribution in [2.45, 2.75) is 39.1 Å². The fourth-order valence-electron chi connectivity index (χ4n) is 4.72. The molecule has 6 nitrogen and oxygen atoms in total. The number of aliphatic hydroxyl groups is 1. The zero-order chi connectivity index (χ0) is 24.8. The standard InChI is InChI=1S/C29H35N3O3/c1-21-16-32(22(2)19-33)29(34)27-11-7-6-10-26(27)25-9-5-4-8-24(25)20-35-28(21)18-31(3)17-23-12-14-30-15-13-23/h4-15,21-22,28,33H,16-20H2,1-3H3/t21-,22+,28-/m1/s1. The number of benzene rings is 2. The molecule has 0 unspecified atom stereocenters. The van der Waals surface area contributed by atoms with E-state index in [-0.39, 0.29) is 30.6 Å². The van der Waals surface area contributed by atoms with Crippen LogP contribution >= 0.6 is 0 Å². The predicted octanol–water partition coefficient (Wildman–Crippen LogP) is 4.24. The van der Waals surface area contributed by atoms with Crippen LogP contribution in [0.4, 0.5) is 0 Å². The first-order valence-corrected chi connectivity index (χ1v) is 12.3. The highest BCUT2D eigenvalue weighted by atomic mass is 16.5. The van der Waals surface area contributed by atoms with Crippen molar-refractivity contribution in [2.24, 2.45) is 5.92 Å². The van der Waals surface area contributed by atoms with E-state index in [9.17, 15) is 9.90 Å². The van der Waals surface area contributed by atoms with E-state index < -0.39 is 0 Å². The molecule has 2 aromatic carbocycles. The van der Waals surface area contributed by atoms with Gasteiger partial charge in [0.2, 0.25) is 0 Å². The number of rotatable bonds is 6. The number of hydrogen-bond acceptors (Lipinski definition) is 5. The second-order valence-corrected chi connectivity index (χ2v) is 9.57. The van der Waals surface area contributed by atoms with Crippen LogP contribution < -0.4 is 0 Å². The van der Waals surface area contributed by atoms with Gasteiger partial charge in [0.1, 0.15) is 0 Å². The molecule has 6 heteroatoms. The van der Waals surface area contributed by atoms with E-state index in [0.29, 0.717) is 25.3 Å².